The molecule has 7 aromatic rings. The van der Waals surface area contributed by atoms with Crippen molar-refractivity contribution in [1.29, 1.82) is 0 Å². The van der Waals surface area contributed by atoms with Crippen LogP contribution in [0.2, 0.25) is 0 Å². The van der Waals surface area contributed by atoms with Crippen molar-refractivity contribution in [1.82, 2.24) is 52.5 Å². The van der Waals surface area contributed by atoms with E-state index in [1.54, 1.807) is 12.4 Å². The lowest BCUT2D eigenvalue weighted by molar-refractivity contribution is -0.117. The number of nitrogens with one attached hydrogen (secondary N) is 12. The van der Waals surface area contributed by atoms with E-state index < -0.39 is 0 Å². The van der Waals surface area contributed by atoms with Gasteiger partial charge in [-0.25, -0.2) is 9.97 Å². The van der Waals surface area contributed by atoms with Gasteiger partial charge in [0.25, 0.3) is 23.6 Å². The summed E-state index contributed by atoms with van der Waals surface area (Å²) in [5.74, 6) is 0.689. The lowest BCUT2D eigenvalue weighted by Crippen LogP contribution is -2.49. The van der Waals surface area contributed by atoms with Crippen LogP contribution >= 0.6 is 47.8 Å². The quantitative estimate of drug-likeness (QED) is 0.0768. The molecule has 18 nitrogen and oxygen atoms in total. The largest absolute Gasteiger partial charge is 0.382 e. The molecule has 2 unspecified atom stereocenters. The molecule has 12 N–H and O–H groups in total. The highest BCUT2D eigenvalue weighted by molar-refractivity contribution is 9.11. The maximum Gasteiger partial charge on any atom is 0.251 e. The second-order valence-corrected chi connectivity index (χ2v) is 28.3. The third kappa shape index (κ3) is 13.7. The number of carbonyl (C=O) groups is 4. The summed E-state index contributed by atoms with van der Waals surface area (Å²) in [6.45, 7) is 6.49. The number of hydrogen-bond acceptors (Lipinski definition) is 14. The van der Waals surface area contributed by atoms with Crippen LogP contribution in [-0.2, 0) is 19.2 Å². The Balaban J connectivity index is 0.000000110. The normalized spacial score (nSPS) is 24.2. The summed E-state index contributed by atoms with van der Waals surface area (Å²) in [6.07, 6.45) is 13.3. The zero-order valence-electron chi connectivity index (χ0n) is 52.7. The van der Waals surface area contributed by atoms with Crippen molar-refractivity contribution < 1.29 is 19.2 Å². The molecule has 4 amide bonds. The van der Waals surface area contributed by atoms with Gasteiger partial charge in [-0.1, -0.05) is 152 Å². The Morgan fingerprint density at radius 3 is 1.21 bits per heavy atom. The summed E-state index contributed by atoms with van der Waals surface area (Å²) in [7, 11) is 0. The van der Waals surface area contributed by atoms with Gasteiger partial charge in [0.05, 0.1) is 95.4 Å². The fourth-order valence-corrected chi connectivity index (χ4v) is 15.3. The molecule has 9 heterocycles. The average Bonchev–Trinajstić information content (AvgIpc) is 1.68. The number of aryl methyl sites for hydroxylation is 2. The summed E-state index contributed by atoms with van der Waals surface area (Å²) < 4.78 is 3.14. The molecule has 2 fully saturated rings. The van der Waals surface area contributed by atoms with Gasteiger partial charge in [0.15, 0.2) is 5.82 Å². The average molecular weight is 1460 g/mol. The summed E-state index contributed by atoms with van der Waals surface area (Å²) in [5, 5.41) is 40.5. The highest BCUT2D eigenvalue weighted by atomic mass is 79.9. The molecule has 0 radical (unpaired) electrons. The number of carbonyl (C=O) groups excluding carboxylic acids is 4. The Morgan fingerprint density at radius 1 is 0.368 bits per heavy atom. The third-order valence-electron chi connectivity index (χ3n) is 19.5. The van der Waals surface area contributed by atoms with Crippen molar-refractivity contribution in [2.24, 2.45) is 0 Å². The molecule has 10 aliphatic rings. The van der Waals surface area contributed by atoms with Gasteiger partial charge in [0.2, 0.25) is 0 Å². The first-order chi connectivity index (χ1) is 46.3. The van der Waals surface area contributed by atoms with Gasteiger partial charge < -0.3 is 63.8 Å². The van der Waals surface area contributed by atoms with Gasteiger partial charge in [-0.05, 0) is 128 Å². The smallest absolute Gasteiger partial charge is 0.251 e. The minimum Gasteiger partial charge on any atom is -0.382 e. The number of anilines is 4. The molecule has 21 heteroatoms. The Bertz CT molecular complexity index is 4130. The number of halogens is 3. The summed E-state index contributed by atoms with van der Waals surface area (Å²) in [6, 6.07) is 47.9. The van der Waals surface area contributed by atoms with Gasteiger partial charge in [0, 0.05) is 83.9 Å². The molecule has 0 saturated heterocycles. The fraction of sp³-hybridized carbons (Fsp3) is 0.297. The van der Waals surface area contributed by atoms with Gasteiger partial charge in [0.1, 0.15) is 0 Å². The molecule has 486 valence electrons. The van der Waals surface area contributed by atoms with Crippen molar-refractivity contribution in [2.45, 2.75) is 114 Å². The molecule has 17 rings (SSSR count). The number of rotatable bonds is 5. The van der Waals surface area contributed by atoms with E-state index in [0.717, 1.165) is 103 Å². The molecule has 8 atom stereocenters. The van der Waals surface area contributed by atoms with Crippen LogP contribution in [-0.4, -0.2) is 83.9 Å². The van der Waals surface area contributed by atoms with E-state index in [4.69, 9.17) is 0 Å². The van der Waals surface area contributed by atoms with Crippen LogP contribution in [0.15, 0.2) is 210 Å². The van der Waals surface area contributed by atoms with E-state index >= 15 is 0 Å². The van der Waals surface area contributed by atoms with Crippen LogP contribution < -0.4 is 63.8 Å². The Morgan fingerprint density at radius 2 is 0.737 bits per heavy atom. The van der Waals surface area contributed by atoms with Crippen LogP contribution in [0, 0.1) is 13.8 Å². The lowest BCUT2D eigenvalue weighted by atomic mass is 9.89. The van der Waals surface area contributed by atoms with Crippen molar-refractivity contribution in [3.63, 3.8) is 0 Å². The predicted molar refractivity (Wildman–Crippen MR) is 382 cm³/mol. The number of para-hydroxylation sites is 2. The van der Waals surface area contributed by atoms with Gasteiger partial charge in [-0.15, -0.1) is 0 Å². The molecule has 95 heavy (non-hydrogen) atoms. The van der Waals surface area contributed by atoms with Crippen LogP contribution in [0.1, 0.15) is 109 Å². The van der Waals surface area contributed by atoms with Crippen LogP contribution in [0.4, 0.5) is 22.7 Å². The number of nitrogens with zero attached hydrogens (tertiary/aromatic N) is 2. The van der Waals surface area contributed by atoms with Gasteiger partial charge in [-0.2, -0.15) is 0 Å². The first kappa shape index (κ1) is 63.8. The summed E-state index contributed by atoms with van der Waals surface area (Å²) in [5.41, 5.74) is 18.8. The molecule has 6 aromatic carbocycles. The number of benzene rings is 6. The number of amides is 4. The second-order valence-electron chi connectivity index (χ2n) is 25.6. The molecular formula is C74H75Br3N14O4. The minimum atomic E-state index is -0.316. The second kappa shape index (κ2) is 28.0. The minimum absolute atomic E-state index is 0.0147. The summed E-state index contributed by atoms with van der Waals surface area (Å²) >= 11 is 10.4. The first-order valence-corrected chi connectivity index (χ1v) is 35.2. The van der Waals surface area contributed by atoms with Gasteiger partial charge >= 0.3 is 0 Å². The zero-order valence-corrected chi connectivity index (χ0v) is 57.5. The topological polar surface area (TPSA) is 238 Å². The Hall–Kier alpha value is -8.60. The Labute approximate surface area is 578 Å². The number of hydrogen-bond donors (Lipinski definition) is 12. The van der Waals surface area contributed by atoms with E-state index in [0.29, 0.717) is 61.7 Å². The van der Waals surface area contributed by atoms with Crippen molar-refractivity contribution in [3.05, 3.63) is 244 Å². The molecule has 8 aliphatic heterocycles. The fourth-order valence-electron chi connectivity index (χ4n) is 14.5. The highest BCUT2D eigenvalue weighted by Crippen LogP contribution is 2.42. The molecule has 2 saturated carbocycles. The van der Waals surface area contributed by atoms with E-state index in [1.807, 2.05) is 103 Å². The van der Waals surface area contributed by atoms with Gasteiger partial charge in [-0.3, -0.25) is 19.2 Å². The molecular weight excluding hydrogens is 1390 g/mol. The molecule has 0 spiro atoms. The zero-order chi connectivity index (χ0) is 65.3. The third-order valence-corrected chi connectivity index (χ3v) is 21.1. The van der Waals surface area contributed by atoms with Crippen molar-refractivity contribution in [3.8, 4) is 11.4 Å². The SMILES string of the molecule is Cc1cc2c(cc1C)NC(c1ccc(Br)cc1)C1=C(CNC1=O)N2.O=C1NCC2=C1C(c1cnc(-c3ccccc3)nc1)Nc1ccccc1N2.O=C1NCC2=C1[C@@H](c1ccc(Br)cc1)N[C@@H]1CCCC[C@H]1N2.O=C1NCC2=C1[C@H](c1ccc(Br)cc1)N[C@@H]1CCCC[C@H]1N2. The number of fused-ring (bicyclic) bond motifs is 4. The maximum atomic E-state index is 12.5. The highest BCUT2D eigenvalue weighted by Gasteiger charge is 2.42. The summed E-state index contributed by atoms with van der Waals surface area (Å²) in [4.78, 5) is 58.7. The van der Waals surface area contributed by atoms with E-state index in [1.165, 1.54) is 62.5 Å². The van der Waals surface area contributed by atoms with Crippen molar-refractivity contribution in [2.75, 3.05) is 47.4 Å². The van der Waals surface area contributed by atoms with E-state index in [2.05, 4.69) is 172 Å². The van der Waals surface area contributed by atoms with Crippen LogP contribution in [0.25, 0.3) is 11.4 Å². The first-order valence-electron chi connectivity index (χ1n) is 32.8. The number of aromatic nitrogens is 2. The van der Waals surface area contributed by atoms with Crippen molar-refractivity contribution >= 4 is 94.2 Å². The van der Waals surface area contributed by atoms with E-state index in [9.17, 15) is 19.2 Å². The van der Waals surface area contributed by atoms with E-state index in [-0.39, 0.29) is 47.8 Å². The maximum absolute atomic E-state index is 12.5. The standard InChI is InChI=1S/C21H17N5O.C19H18BrN3O.2C17H20BrN3O/c27-21-18-17(12-24-21)25-15-8-4-5-9-16(15)26-19(18)14-10-22-20(23-11-14)13-6-2-1-3-7-13;1-10-7-14-15(8-11(10)2)23-18(12-3-5-13(20)6-4-12)17-16(22-14)9-21-19(17)24;2*18-11-7-5-10(6-8-11)16-15-14(9-19-17(15)22)20-12-3-1-2-4-13(12)21-16/h1-11,19,25-26H,12H2,(H,24,27);3-8,18,22-23H,9H2,1-2H3,(H,21,24);2*5-8,12-13,16,20-21H,1-4,9H2,(H,19,22)/t;;12-,13-,16+;12-,13-,16-/m..11/s1. The predicted octanol–water partition coefficient (Wildman–Crippen LogP) is 11.9. The molecule has 0 bridgehead atoms. The van der Waals surface area contributed by atoms with Crippen LogP contribution in [0.3, 0.4) is 0 Å². The monoisotopic (exact) mass is 1460 g/mol. The Kier molecular flexibility index (Phi) is 18.8. The lowest BCUT2D eigenvalue weighted by Gasteiger charge is -2.34. The molecule has 2 aliphatic carbocycles. The molecule has 1 aromatic heterocycles. The van der Waals surface area contributed by atoms with Crippen LogP contribution in [0.5, 0.6) is 0 Å².